The van der Waals surface area contributed by atoms with Gasteiger partial charge in [-0.05, 0) is 31.2 Å². The third-order valence-corrected chi connectivity index (χ3v) is 3.84. The second-order valence-electron chi connectivity index (χ2n) is 4.30. The fourth-order valence-corrected chi connectivity index (χ4v) is 2.71. The van der Waals surface area contributed by atoms with Crippen LogP contribution in [-0.2, 0) is 17.8 Å². The molecule has 0 aliphatic rings. The minimum Gasteiger partial charge on any atom is -0.481 e. The Balaban J connectivity index is 1.88. The van der Waals surface area contributed by atoms with Gasteiger partial charge in [0.2, 0.25) is 0 Å². The summed E-state index contributed by atoms with van der Waals surface area (Å²) >= 11 is 1.53. The normalized spacial score (nSPS) is 12.3. The molecule has 0 bridgehead atoms. The predicted octanol–water partition coefficient (Wildman–Crippen LogP) is 2.62. The zero-order valence-electron chi connectivity index (χ0n) is 10.7. The van der Waals surface area contributed by atoms with E-state index in [2.05, 4.69) is 17.2 Å². The first kappa shape index (κ1) is 13.7. The number of hydrogen-bond acceptors (Lipinski definition) is 4. The molecule has 0 saturated carbocycles. The van der Waals surface area contributed by atoms with Gasteiger partial charge in [0.1, 0.15) is 0 Å². The van der Waals surface area contributed by atoms with Crippen molar-refractivity contribution in [2.24, 2.45) is 0 Å². The van der Waals surface area contributed by atoms with Crippen LogP contribution >= 0.6 is 11.3 Å². The van der Waals surface area contributed by atoms with Crippen molar-refractivity contribution in [3.05, 3.63) is 52.0 Å². The second kappa shape index (κ2) is 6.45. The molecule has 0 amide bonds. The van der Waals surface area contributed by atoms with Crippen molar-refractivity contribution in [2.45, 2.75) is 25.9 Å². The number of carbonyl (C=O) groups is 1. The van der Waals surface area contributed by atoms with Gasteiger partial charge in [0.05, 0.1) is 12.1 Å². The third-order valence-electron chi connectivity index (χ3n) is 2.76. The van der Waals surface area contributed by atoms with Gasteiger partial charge < -0.3 is 10.4 Å². The van der Waals surface area contributed by atoms with E-state index in [1.54, 1.807) is 6.20 Å². The lowest BCUT2D eigenvalue weighted by Crippen LogP contribution is -2.18. The van der Waals surface area contributed by atoms with Gasteiger partial charge in [-0.1, -0.05) is 6.07 Å². The number of nitrogens with one attached hydrogen (secondary N) is 1. The molecule has 1 atom stereocenters. The van der Waals surface area contributed by atoms with Crippen molar-refractivity contribution in [1.82, 2.24) is 10.3 Å². The monoisotopic (exact) mass is 276 g/mol. The lowest BCUT2D eigenvalue weighted by Gasteiger charge is -2.12. The molecule has 5 heteroatoms. The van der Waals surface area contributed by atoms with Crippen LogP contribution in [0.5, 0.6) is 0 Å². The van der Waals surface area contributed by atoms with Gasteiger partial charge in [-0.15, -0.1) is 11.3 Å². The number of pyridine rings is 1. The molecular formula is C14H16N2O2S. The van der Waals surface area contributed by atoms with E-state index >= 15 is 0 Å². The number of carboxylic acid groups (broad SMARTS) is 1. The first-order valence-electron chi connectivity index (χ1n) is 6.09. The number of thiophene rings is 1. The van der Waals surface area contributed by atoms with Crippen LogP contribution in [0.15, 0.2) is 36.5 Å². The highest BCUT2D eigenvalue weighted by Crippen LogP contribution is 2.18. The Morgan fingerprint density at radius 1 is 1.37 bits per heavy atom. The minimum absolute atomic E-state index is 0.0977. The van der Waals surface area contributed by atoms with Gasteiger partial charge in [-0.3, -0.25) is 9.78 Å². The first-order valence-corrected chi connectivity index (χ1v) is 6.90. The van der Waals surface area contributed by atoms with E-state index in [0.29, 0.717) is 0 Å². The van der Waals surface area contributed by atoms with Crippen molar-refractivity contribution >= 4 is 17.3 Å². The summed E-state index contributed by atoms with van der Waals surface area (Å²) in [6, 6.07) is 9.88. The Hall–Kier alpha value is -1.72. The highest BCUT2D eigenvalue weighted by Gasteiger charge is 2.08. The molecule has 4 nitrogen and oxygen atoms in total. The van der Waals surface area contributed by atoms with Crippen LogP contribution in [0.4, 0.5) is 0 Å². The maximum absolute atomic E-state index is 10.6. The average Bonchev–Trinajstić information content (AvgIpc) is 2.84. The molecule has 0 radical (unpaired) electrons. The van der Waals surface area contributed by atoms with Crippen LogP contribution in [-0.4, -0.2) is 16.1 Å². The van der Waals surface area contributed by atoms with Crippen molar-refractivity contribution in [3.63, 3.8) is 0 Å². The van der Waals surface area contributed by atoms with Gasteiger partial charge >= 0.3 is 5.97 Å². The van der Waals surface area contributed by atoms with E-state index < -0.39 is 5.97 Å². The molecule has 19 heavy (non-hydrogen) atoms. The molecule has 0 unspecified atom stereocenters. The minimum atomic E-state index is -0.789. The van der Waals surface area contributed by atoms with Crippen LogP contribution in [0.25, 0.3) is 0 Å². The van der Waals surface area contributed by atoms with Crippen LogP contribution in [0.1, 0.15) is 28.4 Å². The highest BCUT2D eigenvalue weighted by molar-refractivity contribution is 7.12. The Bertz CT molecular complexity index is 539. The molecule has 0 spiro atoms. The highest BCUT2D eigenvalue weighted by atomic mass is 32.1. The van der Waals surface area contributed by atoms with Gasteiger partial charge in [-0.2, -0.15) is 0 Å². The summed E-state index contributed by atoms with van der Waals surface area (Å²) in [6.45, 7) is 2.79. The summed E-state index contributed by atoms with van der Waals surface area (Å²) < 4.78 is 0. The van der Waals surface area contributed by atoms with Gasteiger partial charge in [0.15, 0.2) is 0 Å². The molecular weight excluding hydrogens is 260 g/mol. The fourth-order valence-electron chi connectivity index (χ4n) is 1.75. The second-order valence-corrected chi connectivity index (χ2v) is 5.55. The van der Waals surface area contributed by atoms with E-state index in [1.165, 1.54) is 11.3 Å². The SMILES string of the molecule is C[C@@H](NCc1ccc(CC(=O)O)s1)c1ccccn1. The number of aromatic nitrogens is 1. The molecule has 2 rings (SSSR count). The summed E-state index contributed by atoms with van der Waals surface area (Å²) in [7, 11) is 0. The Kier molecular flexibility index (Phi) is 4.65. The predicted molar refractivity (Wildman–Crippen MR) is 75.2 cm³/mol. The lowest BCUT2D eigenvalue weighted by atomic mass is 10.2. The number of carboxylic acids is 1. The summed E-state index contributed by atoms with van der Waals surface area (Å²) in [5.74, 6) is -0.789. The summed E-state index contributed by atoms with van der Waals surface area (Å²) in [4.78, 5) is 16.9. The number of aliphatic carboxylic acids is 1. The zero-order valence-corrected chi connectivity index (χ0v) is 11.5. The van der Waals surface area contributed by atoms with E-state index in [0.717, 1.165) is 22.0 Å². The van der Waals surface area contributed by atoms with Crippen LogP contribution in [0.3, 0.4) is 0 Å². The molecule has 2 N–H and O–H groups in total. The molecule has 2 aromatic rings. The largest absolute Gasteiger partial charge is 0.481 e. The Morgan fingerprint density at radius 2 is 2.16 bits per heavy atom. The van der Waals surface area contributed by atoms with Crippen molar-refractivity contribution in [2.75, 3.05) is 0 Å². The molecule has 0 aliphatic carbocycles. The van der Waals surface area contributed by atoms with Crippen LogP contribution in [0.2, 0.25) is 0 Å². The van der Waals surface area contributed by atoms with Crippen molar-refractivity contribution < 1.29 is 9.90 Å². The molecule has 2 aromatic heterocycles. The third kappa shape index (κ3) is 4.15. The number of rotatable bonds is 6. The van der Waals surface area contributed by atoms with E-state index in [9.17, 15) is 4.79 Å². The first-order chi connectivity index (χ1) is 9.15. The van der Waals surface area contributed by atoms with E-state index in [-0.39, 0.29) is 12.5 Å². The smallest absolute Gasteiger partial charge is 0.308 e. The summed E-state index contributed by atoms with van der Waals surface area (Å²) in [6.07, 6.45) is 1.88. The fraction of sp³-hybridized carbons (Fsp3) is 0.286. The summed E-state index contributed by atoms with van der Waals surface area (Å²) in [5, 5.41) is 12.1. The molecule has 100 valence electrons. The van der Waals surface area contributed by atoms with Gasteiger partial charge in [-0.25, -0.2) is 0 Å². The average molecular weight is 276 g/mol. The molecule has 0 aromatic carbocycles. The zero-order chi connectivity index (χ0) is 13.7. The van der Waals surface area contributed by atoms with E-state index in [4.69, 9.17) is 5.11 Å². The van der Waals surface area contributed by atoms with Gasteiger partial charge in [0.25, 0.3) is 0 Å². The topological polar surface area (TPSA) is 62.2 Å². The van der Waals surface area contributed by atoms with Crippen molar-refractivity contribution in [3.8, 4) is 0 Å². The Morgan fingerprint density at radius 3 is 2.84 bits per heavy atom. The van der Waals surface area contributed by atoms with Crippen LogP contribution < -0.4 is 5.32 Å². The number of nitrogens with zero attached hydrogens (tertiary/aromatic N) is 1. The molecule has 0 fully saturated rings. The maximum atomic E-state index is 10.6. The molecule has 0 saturated heterocycles. The van der Waals surface area contributed by atoms with Crippen molar-refractivity contribution in [1.29, 1.82) is 0 Å². The Labute approximate surface area is 116 Å². The summed E-state index contributed by atoms with van der Waals surface area (Å²) in [5.41, 5.74) is 1.00. The maximum Gasteiger partial charge on any atom is 0.308 e. The van der Waals surface area contributed by atoms with Gasteiger partial charge in [0, 0.05) is 28.5 Å². The standard InChI is InChI=1S/C14H16N2O2S/c1-10(13-4-2-3-7-15-13)16-9-12-6-5-11(19-12)8-14(17)18/h2-7,10,16H,8-9H2,1H3,(H,17,18)/t10-/m1/s1. The van der Waals surface area contributed by atoms with Crippen LogP contribution in [0, 0.1) is 0 Å². The molecule has 0 aliphatic heterocycles. The quantitative estimate of drug-likeness (QED) is 0.851. The lowest BCUT2D eigenvalue weighted by molar-refractivity contribution is -0.136. The van der Waals surface area contributed by atoms with E-state index in [1.807, 2.05) is 30.3 Å². The number of hydrogen-bond donors (Lipinski definition) is 2. The molecule has 2 heterocycles.